The highest BCUT2D eigenvalue weighted by Gasteiger charge is 2.28. The first-order chi connectivity index (χ1) is 10.2. The minimum atomic E-state index is -0.767. The van der Waals surface area contributed by atoms with Crippen LogP contribution in [0.2, 0.25) is 0 Å². The monoisotopic (exact) mass is 281 g/mol. The minimum Gasteiger partial charge on any atom is -0.447 e. The van der Waals surface area contributed by atoms with E-state index < -0.39 is 6.09 Å². The Morgan fingerprint density at radius 1 is 1.00 bits per heavy atom. The van der Waals surface area contributed by atoms with E-state index in [0.29, 0.717) is 0 Å². The summed E-state index contributed by atoms with van der Waals surface area (Å²) < 4.78 is 5.16. The molecule has 3 rings (SSSR count). The van der Waals surface area contributed by atoms with E-state index >= 15 is 0 Å². The third-order valence-corrected chi connectivity index (χ3v) is 3.56. The molecule has 0 unspecified atom stereocenters. The van der Waals surface area contributed by atoms with Gasteiger partial charge in [-0.25, -0.2) is 4.79 Å². The first-order valence-corrected chi connectivity index (χ1v) is 6.61. The van der Waals surface area contributed by atoms with Gasteiger partial charge in [0.2, 0.25) is 0 Å². The summed E-state index contributed by atoms with van der Waals surface area (Å²) in [5, 5.41) is 0. The second-order valence-corrected chi connectivity index (χ2v) is 4.84. The summed E-state index contributed by atoms with van der Waals surface area (Å²) in [6.07, 6.45) is -0.767. The molecule has 0 aromatic heterocycles. The van der Waals surface area contributed by atoms with Crippen LogP contribution < -0.4 is 11.5 Å². The van der Waals surface area contributed by atoms with Gasteiger partial charge < -0.3 is 16.2 Å². The molecule has 0 bridgehead atoms. The van der Waals surface area contributed by atoms with Gasteiger partial charge in [0.25, 0.3) is 0 Å². The number of ether oxygens (including phenoxy) is 1. The zero-order chi connectivity index (χ0) is 14.8. The molecule has 1 amide bonds. The molecule has 1 aliphatic carbocycles. The number of fused-ring (bicyclic) bond motifs is 3. The summed E-state index contributed by atoms with van der Waals surface area (Å²) in [6.45, 7) is 0.212. The molecular formula is C16H15N3O2. The Kier molecular flexibility index (Phi) is 3.31. The summed E-state index contributed by atoms with van der Waals surface area (Å²) >= 11 is 0. The van der Waals surface area contributed by atoms with Gasteiger partial charge in [-0.15, -0.1) is 4.99 Å². The number of nitrogens with two attached hydrogens (primary N) is 2. The summed E-state index contributed by atoms with van der Waals surface area (Å²) in [7, 11) is 0. The van der Waals surface area contributed by atoms with Crippen molar-refractivity contribution in [2.75, 3.05) is 6.61 Å². The Morgan fingerprint density at radius 3 is 2.05 bits per heavy atom. The van der Waals surface area contributed by atoms with Gasteiger partial charge in [0.1, 0.15) is 6.61 Å². The number of carbonyl (C=O) groups is 1. The van der Waals surface area contributed by atoms with Crippen LogP contribution in [-0.4, -0.2) is 18.7 Å². The quantitative estimate of drug-likeness (QED) is 0.652. The van der Waals surface area contributed by atoms with Gasteiger partial charge >= 0.3 is 6.09 Å². The maximum absolute atomic E-state index is 11.5. The summed E-state index contributed by atoms with van der Waals surface area (Å²) in [4.78, 5) is 14.8. The van der Waals surface area contributed by atoms with Crippen molar-refractivity contribution >= 4 is 12.1 Å². The predicted octanol–water partition coefficient (Wildman–Crippen LogP) is 2.21. The molecule has 21 heavy (non-hydrogen) atoms. The van der Waals surface area contributed by atoms with Gasteiger partial charge in [-0.3, -0.25) is 0 Å². The molecule has 0 radical (unpaired) electrons. The molecule has 0 aliphatic heterocycles. The lowest BCUT2D eigenvalue weighted by atomic mass is 9.98. The van der Waals surface area contributed by atoms with Gasteiger partial charge in [-0.1, -0.05) is 48.5 Å². The average molecular weight is 281 g/mol. The fourth-order valence-electron chi connectivity index (χ4n) is 2.73. The molecule has 0 spiro atoms. The number of nitrogens with zero attached hydrogens (tertiary/aromatic N) is 1. The lowest BCUT2D eigenvalue weighted by Crippen LogP contribution is -2.24. The van der Waals surface area contributed by atoms with Crippen molar-refractivity contribution in [2.24, 2.45) is 16.5 Å². The van der Waals surface area contributed by atoms with E-state index in [4.69, 9.17) is 16.2 Å². The summed E-state index contributed by atoms with van der Waals surface area (Å²) in [5.41, 5.74) is 15.0. The Hall–Kier alpha value is -2.82. The largest absolute Gasteiger partial charge is 0.447 e. The van der Waals surface area contributed by atoms with Gasteiger partial charge in [-0.2, -0.15) is 0 Å². The van der Waals surface area contributed by atoms with Crippen LogP contribution in [0.25, 0.3) is 11.1 Å². The van der Waals surface area contributed by atoms with E-state index in [9.17, 15) is 4.79 Å². The van der Waals surface area contributed by atoms with Gasteiger partial charge in [-0.05, 0) is 22.3 Å². The molecular weight excluding hydrogens is 266 g/mol. The molecule has 0 atom stereocenters. The van der Waals surface area contributed by atoms with Crippen molar-refractivity contribution in [2.45, 2.75) is 5.92 Å². The molecule has 0 saturated carbocycles. The third kappa shape index (κ3) is 2.45. The summed E-state index contributed by atoms with van der Waals surface area (Å²) in [5.74, 6) is -0.289. The normalized spacial score (nSPS) is 12.4. The van der Waals surface area contributed by atoms with Crippen molar-refractivity contribution in [3.05, 3.63) is 59.7 Å². The van der Waals surface area contributed by atoms with Crippen LogP contribution in [0.5, 0.6) is 0 Å². The molecule has 106 valence electrons. The third-order valence-electron chi connectivity index (χ3n) is 3.56. The molecule has 5 heteroatoms. The number of aliphatic imine (C=N–C) groups is 1. The topological polar surface area (TPSA) is 90.7 Å². The van der Waals surface area contributed by atoms with Crippen molar-refractivity contribution in [1.29, 1.82) is 0 Å². The fraction of sp³-hybridized carbons (Fsp3) is 0.125. The summed E-state index contributed by atoms with van der Waals surface area (Å²) in [6, 6.07) is 16.2. The minimum absolute atomic E-state index is 0.00977. The number of rotatable bonds is 2. The zero-order valence-corrected chi connectivity index (χ0v) is 11.3. The molecule has 2 aromatic rings. The number of carbonyl (C=O) groups excluding carboxylic acids is 1. The van der Waals surface area contributed by atoms with Crippen LogP contribution >= 0.6 is 0 Å². The van der Waals surface area contributed by atoms with Crippen LogP contribution in [0.1, 0.15) is 17.0 Å². The highest BCUT2D eigenvalue weighted by atomic mass is 16.5. The second-order valence-electron chi connectivity index (χ2n) is 4.84. The van der Waals surface area contributed by atoms with Crippen molar-refractivity contribution in [1.82, 2.24) is 0 Å². The highest BCUT2D eigenvalue weighted by molar-refractivity contribution is 5.88. The van der Waals surface area contributed by atoms with Gasteiger partial charge in [0, 0.05) is 5.92 Å². The molecule has 5 nitrogen and oxygen atoms in total. The standard InChI is InChI=1S/C16H15N3O2/c17-15(18)19-16(20)21-9-14-12-7-3-1-5-10(12)11-6-2-4-8-13(11)14/h1-8,14H,9H2,(H4,17,18,19,20). The highest BCUT2D eigenvalue weighted by Crippen LogP contribution is 2.44. The SMILES string of the molecule is NC(N)=NC(=O)OCC1c2ccccc2-c2ccccc21. The average Bonchev–Trinajstić information content (AvgIpc) is 2.79. The second kappa shape index (κ2) is 5.28. The maximum atomic E-state index is 11.5. The van der Waals surface area contributed by atoms with Crippen molar-refractivity contribution < 1.29 is 9.53 Å². The van der Waals surface area contributed by atoms with Crippen LogP contribution in [0.15, 0.2) is 53.5 Å². The Bertz CT molecular complexity index is 675. The number of benzene rings is 2. The lowest BCUT2D eigenvalue weighted by Gasteiger charge is -2.12. The number of hydrogen-bond acceptors (Lipinski definition) is 2. The van der Waals surface area contributed by atoms with E-state index in [1.807, 2.05) is 36.4 Å². The van der Waals surface area contributed by atoms with Crippen LogP contribution in [-0.2, 0) is 4.74 Å². The lowest BCUT2D eigenvalue weighted by molar-refractivity contribution is 0.154. The Labute approximate surface area is 122 Å². The molecule has 1 aliphatic rings. The van der Waals surface area contributed by atoms with Gasteiger partial charge in [0.15, 0.2) is 5.96 Å². The zero-order valence-electron chi connectivity index (χ0n) is 11.3. The Balaban J connectivity index is 1.89. The van der Waals surface area contributed by atoms with E-state index in [1.165, 1.54) is 11.1 Å². The fourth-order valence-corrected chi connectivity index (χ4v) is 2.73. The maximum Gasteiger partial charge on any atom is 0.436 e. The van der Waals surface area contributed by atoms with Crippen LogP contribution in [0.4, 0.5) is 4.79 Å². The van der Waals surface area contributed by atoms with Crippen molar-refractivity contribution in [3.8, 4) is 11.1 Å². The van der Waals surface area contributed by atoms with Crippen LogP contribution in [0, 0.1) is 0 Å². The number of guanidine groups is 1. The first-order valence-electron chi connectivity index (χ1n) is 6.61. The van der Waals surface area contributed by atoms with E-state index in [1.54, 1.807) is 0 Å². The van der Waals surface area contributed by atoms with Crippen LogP contribution in [0.3, 0.4) is 0 Å². The number of hydrogen-bond donors (Lipinski definition) is 2. The molecule has 0 saturated heterocycles. The Morgan fingerprint density at radius 2 is 1.52 bits per heavy atom. The molecule has 0 fully saturated rings. The number of amides is 1. The van der Waals surface area contributed by atoms with Crippen molar-refractivity contribution in [3.63, 3.8) is 0 Å². The first kappa shape index (κ1) is 13.2. The molecule has 0 heterocycles. The molecule has 4 N–H and O–H groups in total. The van der Waals surface area contributed by atoms with E-state index in [-0.39, 0.29) is 18.5 Å². The van der Waals surface area contributed by atoms with E-state index in [0.717, 1.165) is 11.1 Å². The smallest absolute Gasteiger partial charge is 0.436 e. The molecule has 2 aromatic carbocycles. The predicted molar refractivity (Wildman–Crippen MR) is 80.9 cm³/mol. The van der Waals surface area contributed by atoms with E-state index in [2.05, 4.69) is 17.1 Å². The van der Waals surface area contributed by atoms with Gasteiger partial charge in [0.05, 0.1) is 0 Å².